The van der Waals surface area contributed by atoms with Crippen molar-refractivity contribution < 1.29 is 4.79 Å². The average molecular weight is 373 g/mol. The van der Waals surface area contributed by atoms with E-state index in [1.165, 1.54) is 5.19 Å². The quantitative estimate of drug-likeness (QED) is 0.625. The number of rotatable bonds is 5. The maximum Gasteiger partial charge on any atom is 0.254 e. The van der Waals surface area contributed by atoms with Gasteiger partial charge in [-0.1, -0.05) is 85.0 Å². The van der Waals surface area contributed by atoms with Crippen LogP contribution in [0.1, 0.15) is 16.8 Å². The third-order valence-electron chi connectivity index (χ3n) is 5.44. The fourth-order valence-electron chi connectivity index (χ4n) is 3.77. The monoisotopic (exact) mass is 372 g/mol. The molecule has 1 atom stereocenters. The highest BCUT2D eigenvalue weighted by Crippen LogP contribution is 2.24. The molecule has 0 radical (unpaired) electrons. The van der Waals surface area contributed by atoms with Crippen molar-refractivity contribution in [3.63, 3.8) is 0 Å². The first-order chi connectivity index (χ1) is 13.0. The van der Waals surface area contributed by atoms with Crippen molar-refractivity contribution in [2.75, 3.05) is 7.05 Å². The number of nitrogens with zero attached hydrogens (tertiary/aromatic N) is 2. The molecule has 0 aliphatic rings. The van der Waals surface area contributed by atoms with Gasteiger partial charge in [-0.3, -0.25) is 4.79 Å². The highest BCUT2D eigenvalue weighted by molar-refractivity contribution is 6.91. The molecule has 0 bridgehead atoms. The molecule has 0 N–H and O–H groups in total. The lowest BCUT2D eigenvalue weighted by molar-refractivity contribution is 0.0775. The van der Waals surface area contributed by atoms with Gasteiger partial charge in [0.15, 0.2) is 0 Å². The van der Waals surface area contributed by atoms with Crippen LogP contribution in [0.3, 0.4) is 0 Å². The Morgan fingerprint density at radius 1 is 1.00 bits per heavy atom. The van der Waals surface area contributed by atoms with Crippen LogP contribution in [0.25, 0.3) is 10.8 Å². The minimum atomic E-state index is -2.07. The SMILES string of the molecule is CN(C(=O)c1cccc2ccccc12)[C@H](CC#N)[Si](C)(C)c1ccccc1. The van der Waals surface area contributed by atoms with Gasteiger partial charge in [0.1, 0.15) is 8.07 Å². The van der Waals surface area contributed by atoms with Crippen molar-refractivity contribution in [3.05, 3.63) is 78.4 Å². The number of hydrogen-bond acceptors (Lipinski definition) is 2. The second kappa shape index (κ2) is 7.77. The second-order valence-corrected chi connectivity index (χ2v) is 12.1. The Hall–Kier alpha value is -2.90. The molecule has 3 rings (SSSR count). The standard InChI is InChI=1S/C23H24N2OSi/c1-25(22(16-17-24)27(2,3)19-12-5-4-6-13-19)23(26)21-15-9-11-18-10-7-8-14-20(18)21/h4-15,22H,16H2,1-3H3/t22-/m0/s1. The van der Waals surface area contributed by atoms with Crippen molar-refractivity contribution in [1.82, 2.24) is 4.90 Å². The van der Waals surface area contributed by atoms with Crippen LogP contribution < -0.4 is 5.19 Å². The second-order valence-electron chi connectivity index (χ2n) is 7.41. The predicted molar refractivity (Wildman–Crippen MR) is 114 cm³/mol. The molecule has 3 aromatic carbocycles. The van der Waals surface area contributed by atoms with Crippen LogP contribution in [0.5, 0.6) is 0 Å². The van der Waals surface area contributed by atoms with E-state index in [2.05, 4.69) is 31.3 Å². The summed E-state index contributed by atoms with van der Waals surface area (Å²) in [5.74, 6) is -0.0245. The number of carbonyl (C=O) groups is 1. The van der Waals surface area contributed by atoms with E-state index >= 15 is 0 Å². The summed E-state index contributed by atoms with van der Waals surface area (Å²) < 4.78 is 0. The zero-order chi connectivity index (χ0) is 19.4. The van der Waals surface area contributed by atoms with Gasteiger partial charge >= 0.3 is 0 Å². The van der Waals surface area contributed by atoms with E-state index < -0.39 is 8.07 Å². The molecule has 27 heavy (non-hydrogen) atoms. The van der Waals surface area contributed by atoms with Gasteiger partial charge < -0.3 is 4.90 Å². The summed E-state index contributed by atoms with van der Waals surface area (Å²) in [6.07, 6.45) is 0.334. The number of carbonyl (C=O) groups excluding carboxylic acids is 1. The normalized spacial score (nSPS) is 12.4. The van der Waals surface area contributed by atoms with Crippen LogP contribution in [-0.2, 0) is 0 Å². The molecular formula is C23H24N2OSi. The summed E-state index contributed by atoms with van der Waals surface area (Å²) >= 11 is 0. The Morgan fingerprint density at radius 2 is 1.63 bits per heavy atom. The van der Waals surface area contributed by atoms with Gasteiger partial charge in [-0.25, -0.2) is 0 Å². The number of nitriles is 1. The van der Waals surface area contributed by atoms with E-state index in [4.69, 9.17) is 0 Å². The molecule has 0 saturated heterocycles. The van der Waals surface area contributed by atoms with Gasteiger partial charge in [0, 0.05) is 18.3 Å². The summed E-state index contributed by atoms with van der Waals surface area (Å²) in [5, 5.41) is 12.7. The minimum absolute atomic E-state index is 0.0245. The van der Waals surface area contributed by atoms with Crippen molar-refractivity contribution >= 4 is 29.9 Å². The first-order valence-electron chi connectivity index (χ1n) is 9.14. The van der Waals surface area contributed by atoms with Crippen LogP contribution in [0.4, 0.5) is 0 Å². The molecular weight excluding hydrogens is 348 g/mol. The maximum absolute atomic E-state index is 13.4. The molecule has 0 unspecified atom stereocenters. The molecule has 4 heteroatoms. The maximum atomic E-state index is 13.4. The van der Waals surface area contributed by atoms with Crippen molar-refractivity contribution in [2.45, 2.75) is 25.2 Å². The first kappa shape index (κ1) is 18.9. The zero-order valence-corrected chi connectivity index (χ0v) is 17.0. The van der Waals surface area contributed by atoms with Crippen LogP contribution in [0.15, 0.2) is 72.8 Å². The largest absolute Gasteiger partial charge is 0.340 e. The van der Waals surface area contributed by atoms with Gasteiger partial charge in [-0.2, -0.15) is 5.26 Å². The third-order valence-corrected chi connectivity index (χ3v) is 9.52. The number of benzene rings is 3. The minimum Gasteiger partial charge on any atom is -0.340 e. The summed E-state index contributed by atoms with van der Waals surface area (Å²) in [4.78, 5) is 15.2. The Balaban J connectivity index is 2.01. The summed E-state index contributed by atoms with van der Waals surface area (Å²) in [5.41, 5.74) is 0.591. The van der Waals surface area contributed by atoms with E-state index in [0.29, 0.717) is 12.0 Å². The molecule has 0 fully saturated rings. The van der Waals surface area contributed by atoms with Gasteiger partial charge in [0.2, 0.25) is 0 Å². The van der Waals surface area contributed by atoms with Gasteiger partial charge in [0.25, 0.3) is 5.91 Å². The predicted octanol–water partition coefficient (Wildman–Crippen LogP) is 4.35. The van der Waals surface area contributed by atoms with Gasteiger partial charge in [-0.05, 0) is 16.8 Å². The number of hydrogen-bond donors (Lipinski definition) is 0. The fraction of sp³-hybridized carbons (Fsp3) is 0.217. The molecule has 3 aromatic rings. The van der Waals surface area contributed by atoms with Crippen LogP contribution in [-0.4, -0.2) is 31.6 Å². The first-order valence-corrected chi connectivity index (χ1v) is 12.2. The van der Waals surface area contributed by atoms with E-state index in [-0.39, 0.29) is 11.6 Å². The Kier molecular flexibility index (Phi) is 5.43. The van der Waals surface area contributed by atoms with E-state index in [9.17, 15) is 10.1 Å². The molecule has 3 nitrogen and oxygen atoms in total. The highest BCUT2D eigenvalue weighted by Gasteiger charge is 2.38. The zero-order valence-electron chi connectivity index (χ0n) is 16.0. The Labute approximate surface area is 161 Å². The average Bonchev–Trinajstić information content (AvgIpc) is 2.71. The lowest BCUT2D eigenvalue weighted by atomic mass is 10.0. The van der Waals surface area contributed by atoms with Crippen molar-refractivity contribution in [1.29, 1.82) is 5.26 Å². The molecule has 0 aromatic heterocycles. The Morgan fingerprint density at radius 3 is 2.33 bits per heavy atom. The number of fused-ring (bicyclic) bond motifs is 1. The van der Waals surface area contributed by atoms with E-state index in [0.717, 1.165) is 10.8 Å². The molecule has 136 valence electrons. The van der Waals surface area contributed by atoms with Gasteiger partial charge in [-0.15, -0.1) is 0 Å². The van der Waals surface area contributed by atoms with Crippen LogP contribution in [0, 0.1) is 11.3 Å². The lowest BCUT2D eigenvalue weighted by Gasteiger charge is -2.38. The van der Waals surface area contributed by atoms with Gasteiger partial charge in [0.05, 0.1) is 12.5 Å². The molecule has 1 amide bonds. The van der Waals surface area contributed by atoms with Crippen molar-refractivity contribution in [3.8, 4) is 6.07 Å². The van der Waals surface area contributed by atoms with Crippen LogP contribution in [0.2, 0.25) is 13.1 Å². The van der Waals surface area contributed by atoms with Crippen LogP contribution >= 0.6 is 0 Å². The fourth-order valence-corrected chi connectivity index (χ4v) is 6.89. The lowest BCUT2D eigenvalue weighted by Crippen LogP contribution is -2.60. The van der Waals surface area contributed by atoms with E-state index in [1.807, 2.05) is 67.7 Å². The molecule has 0 aliphatic carbocycles. The number of amides is 1. The summed E-state index contributed by atoms with van der Waals surface area (Å²) in [7, 11) is -0.236. The highest BCUT2D eigenvalue weighted by atomic mass is 28.3. The molecule has 0 spiro atoms. The van der Waals surface area contributed by atoms with Crippen molar-refractivity contribution in [2.24, 2.45) is 0 Å². The smallest absolute Gasteiger partial charge is 0.254 e. The summed E-state index contributed by atoms with van der Waals surface area (Å²) in [6.45, 7) is 4.47. The summed E-state index contributed by atoms with van der Waals surface area (Å²) in [6, 6.07) is 26.3. The molecule has 0 saturated carbocycles. The molecule has 0 heterocycles. The van der Waals surface area contributed by atoms with E-state index in [1.54, 1.807) is 4.90 Å². The third kappa shape index (κ3) is 3.65. The topological polar surface area (TPSA) is 44.1 Å². The Bertz CT molecular complexity index is 987. The molecule has 0 aliphatic heterocycles.